The number of hydrogen-bond donors (Lipinski definition) is 2. The monoisotopic (exact) mass is 363 g/mol. The highest BCUT2D eigenvalue weighted by atomic mass is 16.5. The molecule has 146 valence electrons. The number of carbonyl (C=O) groups is 2. The average Bonchev–Trinajstić information content (AvgIpc) is 2.53. The SMILES string of the molecule is CN(CC(=O)NC(=O)NC12CC3CC(CC(C3)C1)C2)CC1CCCCO1. The molecule has 6 heteroatoms. The smallest absolute Gasteiger partial charge is 0.321 e. The summed E-state index contributed by atoms with van der Waals surface area (Å²) in [5.41, 5.74) is -0.0546. The van der Waals surface area contributed by atoms with E-state index in [-0.39, 0.29) is 30.1 Å². The van der Waals surface area contributed by atoms with Crippen molar-refractivity contribution in [1.29, 1.82) is 0 Å². The highest BCUT2D eigenvalue weighted by molar-refractivity contribution is 5.95. The first-order valence-corrected chi connectivity index (χ1v) is 10.4. The average molecular weight is 364 g/mol. The lowest BCUT2D eigenvalue weighted by Crippen LogP contribution is -2.62. The van der Waals surface area contributed by atoms with Crippen LogP contribution in [-0.2, 0) is 9.53 Å². The van der Waals surface area contributed by atoms with Crippen LogP contribution in [-0.4, -0.2) is 55.2 Å². The molecule has 0 aromatic heterocycles. The third-order valence-corrected chi connectivity index (χ3v) is 6.87. The van der Waals surface area contributed by atoms with Crippen molar-refractivity contribution in [2.75, 3.05) is 26.7 Å². The van der Waals surface area contributed by atoms with Gasteiger partial charge in [0, 0.05) is 18.7 Å². The maximum Gasteiger partial charge on any atom is 0.321 e. The molecular weight excluding hydrogens is 330 g/mol. The number of carbonyl (C=O) groups excluding carboxylic acids is 2. The first kappa shape index (κ1) is 18.2. The highest BCUT2D eigenvalue weighted by Crippen LogP contribution is 2.55. The van der Waals surface area contributed by atoms with Gasteiger partial charge in [-0.05, 0) is 82.6 Å². The van der Waals surface area contributed by atoms with Crippen molar-refractivity contribution in [3.05, 3.63) is 0 Å². The number of amides is 3. The first-order valence-electron chi connectivity index (χ1n) is 10.4. The highest BCUT2D eigenvalue weighted by Gasteiger charge is 2.51. The molecule has 1 saturated heterocycles. The van der Waals surface area contributed by atoms with Crippen molar-refractivity contribution in [3.8, 4) is 0 Å². The molecule has 0 radical (unpaired) electrons. The van der Waals surface area contributed by atoms with E-state index in [0.717, 1.165) is 63.0 Å². The molecule has 1 aliphatic heterocycles. The largest absolute Gasteiger partial charge is 0.377 e. The van der Waals surface area contributed by atoms with E-state index in [1.54, 1.807) is 0 Å². The molecule has 1 unspecified atom stereocenters. The van der Waals surface area contributed by atoms with Crippen LogP contribution in [0.4, 0.5) is 4.79 Å². The Kier molecular flexibility index (Phi) is 5.24. The van der Waals surface area contributed by atoms with Crippen molar-refractivity contribution < 1.29 is 14.3 Å². The minimum absolute atomic E-state index is 0.0546. The Morgan fingerprint density at radius 3 is 2.31 bits per heavy atom. The van der Waals surface area contributed by atoms with Gasteiger partial charge in [-0.3, -0.25) is 15.0 Å². The zero-order valence-electron chi connectivity index (χ0n) is 16.0. The molecule has 6 nitrogen and oxygen atoms in total. The fraction of sp³-hybridized carbons (Fsp3) is 0.900. The standard InChI is InChI=1S/C20H33N3O3/c1-23(12-17-4-2-3-5-26-17)13-18(24)21-19(25)22-20-9-14-6-15(10-20)8-16(7-14)11-20/h14-17H,2-13H2,1H3,(H2,21,22,24,25). The van der Waals surface area contributed by atoms with Crippen LogP contribution < -0.4 is 10.6 Å². The molecule has 4 bridgehead atoms. The van der Waals surface area contributed by atoms with Gasteiger partial charge in [-0.2, -0.15) is 0 Å². The number of ether oxygens (including phenoxy) is 1. The van der Waals surface area contributed by atoms with Gasteiger partial charge >= 0.3 is 6.03 Å². The number of rotatable bonds is 5. The summed E-state index contributed by atoms with van der Waals surface area (Å²) in [5, 5.41) is 5.75. The van der Waals surface area contributed by atoms with Crippen LogP contribution in [0.25, 0.3) is 0 Å². The molecule has 3 amide bonds. The summed E-state index contributed by atoms with van der Waals surface area (Å²) in [6, 6.07) is -0.306. The fourth-order valence-corrected chi connectivity index (χ4v) is 6.31. The normalized spacial score (nSPS) is 38.4. The quantitative estimate of drug-likeness (QED) is 0.786. The topological polar surface area (TPSA) is 70.7 Å². The molecule has 0 spiro atoms. The van der Waals surface area contributed by atoms with Gasteiger partial charge < -0.3 is 10.1 Å². The number of urea groups is 1. The van der Waals surface area contributed by atoms with E-state index in [0.29, 0.717) is 0 Å². The summed E-state index contributed by atoms with van der Waals surface area (Å²) in [5.74, 6) is 2.10. The second-order valence-corrected chi connectivity index (χ2v) is 9.39. The van der Waals surface area contributed by atoms with Gasteiger partial charge in [0.15, 0.2) is 0 Å². The maximum atomic E-state index is 12.4. The van der Waals surface area contributed by atoms with Gasteiger partial charge in [0.25, 0.3) is 0 Å². The van der Waals surface area contributed by atoms with E-state index in [9.17, 15) is 9.59 Å². The second kappa shape index (κ2) is 7.47. The number of likely N-dealkylation sites (N-methyl/N-ethyl adjacent to an activating group) is 1. The molecule has 5 fully saturated rings. The molecule has 5 aliphatic rings. The molecule has 1 atom stereocenters. The zero-order valence-corrected chi connectivity index (χ0v) is 16.0. The van der Waals surface area contributed by atoms with Crippen LogP contribution in [0.1, 0.15) is 57.8 Å². The maximum absolute atomic E-state index is 12.4. The van der Waals surface area contributed by atoms with E-state index in [4.69, 9.17) is 4.74 Å². The van der Waals surface area contributed by atoms with E-state index < -0.39 is 0 Å². The predicted molar refractivity (Wildman–Crippen MR) is 98.7 cm³/mol. The Morgan fingerprint density at radius 2 is 1.73 bits per heavy atom. The Labute approximate surface area is 156 Å². The van der Waals surface area contributed by atoms with Crippen molar-refractivity contribution in [2.45, 2.75) is 69.4 Å². The van der Waals surface area contributed by atoms with E-state index >= 15 is 0 Å². The van der Waals surface area contributed by atoms with Crippen LogP contribution >= 0.6 is 0 Å². The summed E-state index contributed by atoms with van der Waals surface area (Å²) in [7, 11) is 1.91. The van der Waals surface area contributed by atoms with Gasteiger partial charge in [0.2, 0.25) is 5.91 Å². The van der Waals surface area contributed by atoms with Crippen molar-refractivity contribution >= 4 is 11.9 Å². The molecule has 5 rings (SSSR count). The zero-order chi connectivity index (χ0) is 18.1. The predicted octanol–water partition coefficient (Wildman–Crippen LogP) is 2.28. The minimum atomic E-state index is -0.306. The van der Waals surface area contributed by atoms with Crippen LogP contribution in [0, 0.1) is 17.8 Å². The molecule has 26 heavy (non-hydrogen) atoms. The van der Waals surface area contributed by atoms with Gasteiger partial charge in [-0.25, -0.2) is 4.79 Å². The Morgan fingerprint density at radius 1 is 1.08 bits per heavy atom. The third kappa shape index (κ3) is 4.22. The lowest BCUT2D eigenvalue weighted by molar-refractivity contribution is -0.121. The van der Waals surface area contributed by atoms with E-state index in [1.165, 1.54) is 25.7 Å². The van der Waals surface area contributed by atoms with Crippen molar-refractivity contribution in [3.63, 3.8) is 0 Å². The summed E-state index contributed by atoms with van der Waals surface area (Å²) in [6.07, 6.45) is 10.9. The number of nitrogens with one attached hydrogen (secondary N) is 2. The van der Waals surface area contributed by atoms with Gasteiger partial charge in [-0.15, -0.1) is 0 Å². The fourth-order valence-electron chi connectivity index (χ4n) is 6.31. The van der Waals surface area contributed by atoms with Crippen LogP contribution in [0.2, 0.25) is 0 Å². The number of hydrogen-bond acceptors (Lipinski definition) is 4. The lowest BCUT2D eigenvalue weighted by atomic mass is 9.53. The van der Waals surface area contributed by atoms with E-state index in [2.05, 4.69) is 10.6 Å². The van der Waals surface area contributed by atoms with Crippen molar-refractivity contribution in [1.82, 2.24) is 15.5 Å². The summed E-state index contributed by atoms with van der Waals surface area (Å²) < 4.78 is 5.72. The number of nitrogens with zero attached hydrogens (tertiary/aromatic N) is 1. The van der Waals surface area contributed by atoms with Crippen LogP contribution in [0.15, 0.2) is 0 Å². The number of imide groups is 1. The molecular formula is C20H33N3O3. The Hall–Kier alpha value is -1.14. The van der Waals surface area contributed by atoms with E-state index in [1.807, 2.05) is 11.9 Å². The first-order chi connectivity index (χ1) is 12.5. The Balaban J connectivity index is 1.22. The van der Waals surface area contributed by atoms with Gasteiger partial charge in [-0.1, -0.05) is 0 Å². The van der Waals surface area contributed by atoms with Crippen molar-refractivity contribution in [2.24, 2.45) is 17.8 Å². The lowest BCUT2D eigenvalue weighted by Gasteiger charge is -2.56. The molecule has 4 aliphatic carbocycles. The minimum Gasteiger partial charge on any atom is -0.377 e. The van der Waals surface area contributed by atoms with Crippen LogP contribution in [0.3, 0.4) is 0 Å². The van der Waals surface area contributed by atoms with Gasteiger partial charge in [0.1, 0.15) is 0 Å². The second-order valence-electron chi connectivity index (χ2n) is 9.39. The van der Waals surface area contributed by atoms with Crippen LogP contribution in [0.5, 0.6) is 0 Å². The molecule has 1 heterocycles. The van der Waals surface area contributed by atoms with Gasteiger partial charge in [0.05, 0.1) is 12.6 Å². The molecule has 4 saturated carbocycles. The molecule has 0 aromatic carbocycles. The summed E-state index contributed by atoms with van der Waals surface area (Å²) in [6.45, 7) is 1.79. The third-order valence-electron chi connectivity index (χ3n) is 6.87. The Bertz CT molecular complexity index is 509. The molecule has 0 aromatic rings. The summed E-state index contributed by atoms with van der Waals surface area (Å²) >= 11 is 0. The molecule has 2 N–H and O–H groups in total. The summed E-state index contributed by atoms with van der Waals surface area (Å²) in [4.78, 5) is 26.6.